The third-order valence-electron chi connectivity index (χ3n) is 2.49. The van der Waals surface area contributed by atoms with Crippen LogP contribution in [0.25, 0.3) is 0 Å². The maximum atomic E-state index is 11.7. The van der Waals surface area contributed by atoms with E-state index in [1.165, 1.54) is 0 Å². The van der Waals surface area contributed by atoms with Gasteiger partial charge in [-0.05, 0) is 30.2 Å². The quantitative estimate of drug-likeness (QED) is 0.632. The van der Waals surface area contributed by atoms with Crippen molar-refractivity contribution in [2.45, 2.75) is 19.8 Å². The maximum absolute atomic E-state index is 11.7. The number of amides is 3. The average molecular weight is 279 g/mol. The van der Waals surface area contributed by atoms with E-state index in [4.69, 9.17) is 10.8 Å². The number of carbonyl (C=O) groups is 3. The Hall–Kier alpha value is -2.57. The molecule has 108 valence electrons. The molecule has 0 aliphatic rings. The topological polar surface area (TPSA) is 122 Å². The molecule has 7 heteroatoms. The minimum atomic E-state index is -0.924. The molecule has 0 bridgehead atoms. The van der Waals surface area contributed by atoms with E-state index in [2.05, 4.69) is 10.6 Å². The number of primary amides is 1. The average Bonchev–Trinajstić information content (AvgIpc) is 2.29. The number of nitrogens with two attached hydrogens (primary N) is 1. The number of carbonyl (C=O) groups excluding carboxylic acids is 2. The maximum Gasteiger partial charge on any atom is 0.316 e. The third-order valence-corrected chi connectivity index (χ3v) is 2.49. The van der Waals surface area contributed by atoms with Crippen LogP contribution in [0.15, 0.2) is 24.3 Å². The van der Waals surface area contributed by atoms with Gasteiger partial charge < -0.3 is 21.5 Å². The van der Waals surface area contributed by atoms with E-state index in [0.29, 0.717) is 11.4 Å². The van der Waals surface area contributed by atoms with Gasteiger partial charge in [-0.15, -0.1) is 0 Å². The lowest BCUT2D eigenvalue weighted by molar-refractivity contribution is -0.138. The summed E-state index contributed by atoms with van der Waals surface area (Å²) in [5, 5.41) is 13.7. The first kappa shape index (κ1) is 15.5. The summed E-state index contributed by atoms with van der Waals surface area (Å²) in [5.74, 6) is -1.41. The second-order valence-corrected chi connectivity index (χ2v) is 4.52. The SMILES string of the molecule is CC(CC(=O)O)CC(=O)Nc1ccc(NC(N)=O)cc1. The van der Waals surface area contributed by atoms with Crippen molar-refractivity contribution in [1.29, 1.82) is 0 Å². The second-order valence-electron chi connectivity index (χ2n) is 4.52. The van der Waals surface area contributed by atoms with Gasteiger partial charge >= 0.3 is 12.0 Å². The number of hydrogen-bond acceptors (Lipinski definition) is 3. The molecule has 20 heavy (non-hydrogen) atoms. The Kier molecular flexibility index (Phi) is 5.52. The molecule has 5 N–H and O–H groups in total. The summed E-state index contributed by atoms with van der Waals surface area (Å²) in [4.78, 5) is 32.8. The molecule has 0 fully saturated rings. The normalized spacial score (nSPS) is 11.4. The first-order valence-corrected chi connectivity index (χ1v) is 6.05. The van der Waals surface area contributed by atoms with Gasteiger partial charge in [0.05, 0.1) is 0 Å². The summed E-state index contributed by atoms with van der Waals surface area (Å²) >= 11 is 0. The molecule has 1 aromatic carbocycles. The monoisotopic (exact) mass is 279 g/mol. The van der Waals surface area contributed by atoms with Gasteiger partial charge in [-0.1, -0.05) is 6.92 Å². The first-order chi connectivity index (χ1) is 9.36. The Morgan fingerprint density at radius 3 is 2.05 bits per heavy atom. The van der Waals surface area contributed by atoms with E-state index in [0.717, 1.165) is 0 Å². The number of benzene rings is 1. The summed E-state index contributed by atoms with van der Waals surface area (Å²) in [6, 6.07) is 5.77. The molecule has 0 aromatic heterocycles. The van der Waals surface area contributed by atoms with Crippen molar-refractivity contribution in [2.75, 3.05) is 10.6 Å². The molecule has 0 aliphatic carbocycles. The van der Waals surface area contributed by atoms with Crippen LogP contribution in [0.5, 0.6) is 0 Å². The van der Waals surface area contributed by atoms with Crippen molar-refractivity contribution in [3.63, 3.8) is 0 Å². The summed E-state index contributed by atoms with van der Waals surface area (Å²) in [5.41, 5.74) is 6.06. The number of hydrogen-bond donors (Lipinski definition) is 4. The van der Waals surface area contributed by atoms with Crippen LogP contribution in [0, 0.1) is 5.92 Å². The van der Waals surface area contributed by atoms with Crippen LogP contribution in [-0.4, -0.2) is 23.0 Å². The molecule has 3 amide bonds. The van der Waals surface area contributed by atoms with Gasteiger partial charge in [-0.25, -0.2) is 4.79 Å². The number of nitrogens with one attached hydrogen (secondary N) is 2. The van der Waals surface area contributed by atoms with Crippen LogP contribution in [0.2, 0.25) is 0 Å². The highest BCUT2D eigenvalue weighted by atomic mass is 16.4. The molecule has 0 radical (unpaired) electrons. The molecule has 1 unspecified atom stereocenters. The third kappa shape index (κ3) is 5.85. The Labute approximate surface area is 116 Å². The van der Waals surface area contributed by atoms with E-state index in [1.54, 1.807) is 31.2 Å². The molecule has 0 saturated carbocycles. The fourth-order valence-corrected chi connectivity index (χ4v) is 1.68. The van der Waals surface area contributed by atoms with Crippen LogP contribution in [0.3, 0.4) is 0 Å². The highest BCUT2D eigenvalue weighted by molar-refractivity contribution is 5.92. The van der Waals surface area contributed by atoms with Gasteiger partial charge in [0.25, 0.3) is 0 Å². The lowest BCUT2D eigenvalue weighted by Gasteiger charge is -2.10. The summed E-state index contributed by atoms with van der Waals surface area (Å²) in [6.07, 6.45) is 0.0858. The molecule has 1 rings (SSSR count). The fourth-order valence-electron chi connectivity index (χ4n) is 1.68. The van der Waals surface area contributed by atoms with Gasteiger partial charge in [-0.3, -0.25) is 9.59 Å². The van der Waals surface area contributed by atoms with Crippen LogP contribution < -0.4 is 16.4 Å². The molecule has 0 spiro atoms. The highest BCUT2D eigenvalue weighted by Crippen LogP contribution is 2.15. The van der Waals surface area contributed by atoms with Crippen molar-refractivity contribution in [1.82, 2.24) is 0 Å². The summed E-state index contributed by atoms with van der Waals surface area (Å²) in [7, 11) is 0. The number of aliphatic carboxylic acids is 1. The zero-order valence-corrected chi connectivity index (χ0v) is 11.1. The van der Waals surface area contributed by atoms with Crippen molar-refractivity contribution in [3.8, 4) is 0 Å². The molecular weight excluding hydrogens is 262 g/mol. The molecule has 0 saturated heterocycles. The van der Waals surface area contributed by atoms with Crippen LogP contribution in [0.1, 0.15) is 19.8 Å². The van der Waals surface area contributed by atoms with Crippen LogP contribution >= 0.6 is 0 Å². The second kappa shape index (κ2) is 7.13. The van der Waals surface area contributed by atoms with E-state index >= 15 is 0 Å². The zero-order valence-electron chi connectivity index (χ0n) is 11.1. The van der Waals surface area contributed by atoms with Gasteiger partial charge in [0.15, 0.2) is 0 Å². The summed E-state index contributed by atoms with van der Waals surface area (Å²) < 4.78 is 0. The smallest absolute Gasteiger partial charge is 0.316 e. The van der Waals surface area contributed by atoms with Crippen molar-refractivity contribution in [3.05, 3.63) is 24.3 Å². The largest absolute Gasteiger partial charge is 0.481 e. The fraction of sp³-hybridized carbons (Fsp3) is 0.308. The Bertz CT molecular complexity index is 499. The molecule has 0 heterocycles. The van der Waals surface area contributed by atoms with Crippen LogP contribution in [-0.2, 0) is 9.59 Å². The van der Waals surface area contributed by atoms with E-state index in [9.17, 15) is 14.4 Å². The van der Waals surface area contributed by atoms with Gasteiger partial charge in [0, 0.05) is 24.2 Å². The minimum absolute atomic E-state index is 0.0467. The molecular formula is C13H17N3O4. The molecule has 1 atom stereocenters. The summed E-state index contributed by atoms with van der Waals surface area (Å²) in [6.45, 7) is 1.70. The highest BCUT2D eigenvalue weighted by Gasteiger charge is 2.12. The Morgan fingerprint density at radius 2 is 1.60 bits per heavy atom. The van der Waals surface area contributed by atoms with Gasteiger partial charge in [0.1, 0.15) is 0 Å². The van der Waals surface area contributed by atoms with Gasteiger partial charge in [-0.2, -0.15) is 0 Å². The number of urea groups is 1. The molecule has 0 aliphatic heterocycles. The van der Waals surface area contributed by atoms with Crippen LogP contribution in [0.4, 0.5) is 16.2 Å². The van der Waals surface area contributed by atoms with Crippen molar-refractivity contribution in [2.24, 2.45) is 11.7 Å². The predicted octanol–water partition coefficient (Wildman–Crippen LogP) is 1.62. The minimum Gasteiger partial charge on any atom is -0.481 e. The van der Waals surface area contributed by atoms with Crippen molar-refractivity contribution < 1.29 is 19.5 Å². The number of rotatable bonds is 6. The number of carboxylic acids is 1. The van der Waals surface area contributed by atoms with E-state index in [1.807, 2.05) is 0 Å². The van der Waals surface area contributed by atoms with E-state index in [-0.39, 0.29) is 24.7 Å². The standard InChI is InChI=1S/C13H17N3O4/c1-8(7-12(18)19)6-11(17)15-9-2-4-10(5-3-9)16-13(14)20/h2-5,8H,6-7H2,1H3,(H,15,17)(H,18,19)(H3,14,16,20). The van der Waals surface area contributed by atoms with Crippen molar-refractivity contribution >= 4 is 29.3 Å². The number of carboxylic acid groups (broad SMARTS) is 1. The first-order valence-electron chi connectivity index (χ1n) is 6.05. The Morgan fingerprint density at radius 1 is 1.10 bits per heavy atom. The Balaban J connectivity index is 2.49. The number of anilines is 2. The zero-order chi connectivity index (χ0) is 15.1. The lowest BCUT2D eigenvalue weighted by atomic mass is 10.0. The van der Waals surface area contributed by atoms with Gasteiger partial charge in [0.2, 0.25) is 5.91 Å². The molecule has 7 nitrogen and oxygen atoms in total. The predicted molar refractivity (Wildman–Crippen MR) is 74.3 cm³/mol. The molecule has 1 aromatic rings. The lowest BCUT2D eigenvalue weighted by Crippen LogP contribution is -2.19. The van der Waals surface area contributed by atoms with E-state index < -0.39 is 12.0 Å².